The van der Waals surface area contributed by atoms with Gasteiger partial charge in [-0.1, -0.05) is 63.6 Å². The van der Waals surface area contributed by atoms with Crippen LogP contribution < -0.4 is 10.2 Å². The summed E-state index contributed by atoms with van der Waals surface area (Å²) in [4.78, 5) is 27.0. The van der Waals surface area contributed by atoms with Crippen molar-refractivity contribution in [3.05, 3.63) is 65.2 Å². The zero-order valence-electron chi connectivity index (χ0n) is 20.9. The van der Waals surface area contributed by atoms with Gasteiger partial charge in [-0.2, -0.15) is 0 Å². The molecular weight excluding hydrogens is 412 g/mol. The van der Waals surface area contributed by atoms with E-state index in [4.69, 9.17) is 4.74 Å². The number of esters is 1. The summed E-state index contributed by atoms with van der Waals surface area (Å²) in [5, 5.41) is 3.12. The second-order valence-corrected chi connectivity index (χ2v) is 9.27. The van der Waals surface area contributed by atoms with Crippen molar-refractivity contribution < 1.29 is 14.3 Å². The Kier molecular flexibility index (Phi) is 10.2. The van der Waals surface area contributed by atoms with E-state index in [0.29, 0.717) is 24.9 Å². The summed E-state index contributed by atoms with van der Waals surface area (Å²) in [6, 6.07) is 13.9. The quantitative estimate of drug-likeness (QED) is 0.343. The topological polar surface area (TPSA) is 58.6 Å². The third-order valence-corrected chi connectivity index (χ3v) is 4.99. The summed E-state index contributed by atoms with van der Waals surface area (Å²) < 4.78 is 4.98. The summed E-state index contributed by atoms with van der Waals surface area (Å²) in [5.74, 6) is 0.500. The zero-order chi connectivity index (χ0) is 24.4. The van der Waals surface area contributed by atoms with E-state index in [9.17, 15) is 9.59 Å². The Labute approximate surface area is 198 Å². The van der Waals surface area contributed by atoms with Gasteiger partial charge in [-0.15, -0.1) is 0 Å². The number of carbonyl (C=O) groups excluding carboxylic acids is 2. The van der Waals surface area contributed by atoms with Crippen molar-refractivity contribution in [3.8, 4) is 0 Å². The van der Waals surface area contributed by atoms with Crippen LogP contribution in [0.15, 0.2) is 48.5 Å². The highest BCUT2D eigenvalue weighted by molar-refractivity contribution is 5.96. The number of aryl methyl sites for hydroxylation is 1. The van der Waals surface area contributed by atoms with Gasteiger partial charge in [0.2, 0.25) is 5.91 Å². The Bertz CT molecular complexity index is 936. The molecule has 2 rings (SSSR count). The number of benzene rings is 2. The molecule has 0 unspecified atom stereocenters. The van der Waals surface area contributed by atoms with Crippen molar-refractivity contribution in [2.24, 2.45) is 11.8 Å². The summed E-state index contributed by atoms with van der Waals surface area (Å²) in [5.41, 5.74) is 4.70. The van der Waals surface area contributed by atoms with Crippen molar-refractivity contribution >= 4 is 29.3 Å². The monoisotopic (exact) mass is 450 g/mol. The van der Waals surface area contributed by atoms with Gasteiger partial charge in [0.05, 0.1) is 24.4 Å². The molecule has 0 bridgehead atoms. The zero-order valence-corrected chi connectivity index (χ0v) is 20.9. The third kappa shape index (κ3) is 9.13. The number of ether oxygens (including phenoxy) is 1. The molecule has 0 spiro atoms. The molecule has 0 aliphatic rings. The highest BCUT2D eigenvalue weighted by Crippen LogP contribution is 2.30. The number of nitrogens with zero attached hydrogens (tertiary/aromatic N) is 1. The van der Waals surface area contributed by atoms with Gasteiger partial charge in [-0.25, -0.2) is 4.79 Å². The van der Waals surface area contributed by atoms with Crippen molar-refractivity contribution in [2.75, 3.05) is 29.9 Å². The Hall–Kier alpha value is -3.08. The van der Waals surface area contributed by atoms with Crippen molar-refractivity contribution in [1.82, 2.24) is 0 Å². The lowest BCUT2D eigenvalue weighted by Gasteiger charge is -2.30. The van der Waals surface area contributed by atoms with Crippen LogP contribution in [0.1, 0.15) is 51.3 Å². The van der Waals surface area contributed by atoms with Gasteiger partial charge in [-0.05, 0) is 55.0 Å². The van der Waals surface area contributed by atoms with Gasteiger partial charge in [0.15, 0.2) is 0 Å². The van der Waals surface area contributed by atoms with E-state index in [1.54, 1.807) is 13.0 Å². The Morgan fingerprint density at radius 2 is 1.64 bits per heavy atom. The fourth-order valence-electron chi connectivity index (χ4n) is 3.63. The van der Waals surface area contributed by atoms with Crippen LogP contribution in [-0.2, 0) is 20.7 Å². The van der Waals surface area contributed by atoms with Crippen molar-refractivity contribution in [1.29, 1.82) is 0 Å². The summed E-state index contributed by atoms with van der Waals surface area (Å²) in [7, 11) is 0. The largest absolute Gasteiger partial charge is 0.463 e. The standard InChI is InChI=1S/C28H38N2O3/c1-7-33-28(32)15-13-23-12-14-26(30(18-20(2)3)19-21(4)5)25(16-23)29-27(31)17-24-10-8-22(6)9-11-24/h8-16,20-21H,7,17-19H2,1-6H3,(H,29,31)/b15-13+. The number of amides is 1. The van der Waals surface area contributed by atoms with Crippen LogP contribution in [0.3, 0.4) is 0 Å². The molecule has 0 atom stereocenters. The van der Waals surface area contributed by atoms with Crippen molar-refractivity contribution in [3.63, 3.8) is 0 Å². The first-order chi connectivity index (χ1) is 15.7. The number of rotatable bonds is 11. The van der Waals surface area contributed by atoms with Crippen LogP contribution >= 0.6 is 0 Å². The maximum Gasteiger partial charge on any atom is 0.330 e. The van der Waals surface area contributed by atoms with Gasteiger partial charge in [-0.3, -0.25) is 4.79 Å². The Morgan fingerprint density at radius 1 is 1.00 bits per heavy atom. The van der Waals surface area contributed by atoms with Gasteiger partial charge in [0.1, 0.15) is 0 Å². The molecular formula is C28H38N2O3. The Morgan fingerprint density at radius 3 is 2.21 bits per heavy atom. The minimum Gasteiger partial charge on any atom is -0.463 e. The molecule has 2 aromatic rings. The molecule has 0 fully saturated rings. The normalized spacial score (nSPS) is 11.3. The number of anilines is 2. The first kappa shape index (κ1) is 26.2. The summed E-state index contributed by atoms with van der Waals surface area (Å²) in [6.45, 7) is 14.7. The van der Waals surface area contributed by atoms with Crippen LogP contribution in [0.5, 0.6) is 0 Å². The van der Waals surface area contributed by atoms with E-state index >= 15 is 0 Å². The molecule has 2 aromatic carbocycles. The maximum atomic E-state index is 12.9. The van der Waals surface area contributed by atoms with E-state index < -0.39 is 0 Å². The number of hydrogen-bond acceptors (Lipinski definition) is 4. The fraction of sp³-hybridized carbons (Fsp3) is 0.429. The lowest BCUT2D eigenvalue weighted by molar-refractivity contribution is -0.137. The molecule has 0 aliphatic carbocycles. The van der Waals surface area contributed by atoms with Gasteiger partial charge >= 0.3 is 5.97 Å². The minimum atomic E-state index is -0.382. The smallest absolute Gasteiger partial charge is 0.330 e. The van der Waals surface area contributed by atoms with E-state index in [-0.39, 0.29) is 11.9 Å². The predicted molar refractivity (Wildman–Crippen MR) is 138 cm³/mol. The first-order valence-electron chi connectivity index (χ1n) is 11.8. The van der Waals surface area contributed by atoms with E-state index in [2.05, 4.69) is 37.9 Å². The lowest BCUT2D eigenvalue weighted by Crippen LogP contribution is -2.32. The van der Waals surface area contributed by atoms with Gasteiger partial charge in [0.25, 0.3) is 0 Å². The molecule has 5 heteroatoms. The van der Waals surface area contributed by atoms with E-state index in [0.717, 1.165) is 35.6 Å². The Balaban J connectivity index is 2.35. The maximum absolute atomic E-state index is 12.9. The highest BCUT2D eigenvalue weighted by Gasteiger charge is 2.17. The third-order valence-electron chi connectivity index (χ3n) is 4.99. The summed E-state index contributed by atoms with van der Waals surface area (Å²) in [6.07, 6.45) is 3.43. The molecule has 0 aliphatic heterocycles. The van der Waals surface area contributed by atoms with Gasteiger partial charge < -0.3 is 15.0 Å². The highest BCUT2D eigenvalue weighted by atomic mass is 16.5. The lowest BCUT2D eigenvalue weighted by atomic mass is 10.1. The number of nitrogens with one attached hydrogen (secondary N) is 1. The van der Waals surface area contributed by atoms with E-state index in [1.807, 2.05) is 49.4 Å². The van der Waals surface area contributed by atoms with Crippen LogP contribution in [0.4, 0.5) is 11.4 Å². The molecule has 178 valence electrons. The van der Waals surface area contributed by atoms with Crippen LogP contribution in [-0.4, -0.2) is 31.6 Å². The van der Waals surface area contributed by atoms with Crippen LogP contribution in [0, 0.1) is 18.8 Å². The SMILES string of the molecule is CCOC(=O)/C=C/c1ccc(N(CC(C)C)CC(C)C)c(NC(=O)Cc2ccc(C)cc2)c1. The fourth-order valence-corrected chi connectivity index (χ4v) is 3.63. The molecule has 0 aromatic heterocycles. The van der Waals surface area contributed by atoms with Crippen LogP contribution in [0.2, 0.25) is 0 Å². The number of carbonyl (C=O) groups is 2. The molecule has 0 saturated heterocycles. The molecule has 0 heterocycles. The molecule has 1 N–H and O–H groups in total. The average molecular weight is 451 g/mol. The van der Waals surface area contributed by atoms with Gasteiger partial charge in [0, 0.05) is 19.2 Å². The van der Waals surface area contributed by atoms with E-state index in [1.165, 1.54) is 11.6 Å². The minimum absolute atomic E-state index is 0.0688. The predicted octanol–water partition coefficient (Wildman–Crippen LogP) is 5.87. The second kappa shape index (κ2) is 12.8. The summed E-state index contributed by atoms with van der Waals surface area (Å²) >= 11 is 0. The molecule has 1 amide bonds. The van der Waals surface area contributed by atoms with Crippen LogP contribution in [0.25, 0.3) is 6.08 Å². The molecule has 0 radical (unpaired) electrons. The molecule has 5 nitrogen and oxygen atoms in total. The molecule has 33 heavy (non-hydrogen) atoms. The second-order valence-electron chi connectivity index (χ2n) is 9.27. The number of hydrogen-bond donors (Lipinski definition) is 1. The first-order valence-corrected chi connectivity index (χ1v) is 11.8. The molecule has 0 saturated carbocycles. The van der Waals surface area contributed by atoms with Crippen molar-refractivity contribution in [2.45, 2.75) is 48.0 Å². The average Bonchev–Trinajstić information content (AvgIpc) is 2.73.